The van der Waals surface area contributed by atoms with Crippen LogP contribution in [0.4, 0.5) is 11.4 Å². The van der Waals surface area contributed by atoms with Gasteiger partial charge in [-0.15, -0.1) is 11.3 Å². The summed E-state index contributed by atoms with van der Waals surface area (Å²) in [5.74, 6) is -0.142. The summed E-state index contributed by atoms with van der Waals surface area (Å²) < 4.78 is 1.13. The molecule has 0 unspecified atom stereocenters. The number of thiazole rings is 1. The summed E-state index contributed by atoms with van der Waals surface area (Å²) in [6, 6.07) is 16.1. The number of amides is 1. The molecule has 1 aromatic heterocycles. The van der Waals surface area contributed by atoms with E-state index in [9.17, 15) is 4.79 Å². The molecular weight excluding hydrogens is 354 g/mol. The van der Waals surface area contributed by atoms with E-state index in [2.05, 4.69) is 27.3 Å². The fraction of sp³-hybridized carbons (Fsp3) is 0.273. The third-order valence-corrected chi connectivity index (χ3v) is 5.80. The van der Waals surface area contributed by atoms with E-state index in [1.165, 1.54) is 31.4 Å². The molecule has 138 valence electrons. The normalized spacial score (nSPS) is 15.2. The van der Waals surface area contributed by atoms with Gasteiger partial charge in [-0.05, 0) is 55.3 Å². The van der Waals surface area contributed by atoms with Crippen LogP contribution in [0.3, 0.4) is 0 Å². The van der Waals surface area contributed by atoms with E-state index in [4.69, 9.17) is 0 Å². The van der Waals surface area contributed by atoms with Crippen LogP contribution < -0.4 is 10.2 Å². The lowest BCUT2D eigenvalue weighted by Gasteiger charge is -2.22. The Labute approximate surface area is 163 Å². The van der Waals surface area contributed by atoms with Gasteiger partial charge in [0.05, 0.1) is 10.2 Å². The second-order valence-electron chi connectivity index (χ2n) is 6.79. The van der Waals surface area contributed by atoms with Gasteiger partial charge in [0, 0.05) is 30.5 Å². The number of hydrogen-bond donors (Lipinski definition) is 1. The molecule has 1 saturated heterocycles. The lowest BCUT2D eigenvalue weighted by atomic mass is 10.2. The lowest BCUT2D eigenvalue weighted by molar-refractivity contribution is -0.111. The zero-order valence-corrected chi connectivity index (χ0v) is 16.0. The van der Waals surface area contributed by atoms with Gasteiger partial charge in [0.15, 0.2) is 0 Å². The quantitative estimate of drug-likeness (QED) is 0.625. The van der Waals surface area contributed by atoms with Crippen molar-refractivity contribution in [1.29, 1.82) is 0 Å². The first kappa shape index (κ1) is 17.7. The number of rotatable bonds is 4. The summed E-state index contributed by atoms with van der Waals surface area (Å²) in [4.78, 5) is 19.1. The van der Waals surface area contributed by atoms with Crippen molar-refractivity contribution in [2.24, 2.45) is 0 Å². The van der Waals surface area contributed by atoms with Crippen LogP contribution in [-0.4, -0.2) is 24.0 Å². The molecule has 0 spiro atoms. The number of para-hydroxylation sites is 1. The Morgan fingerprint density at radius 2 is 1.74 bits per heavy atom. The number of carbonyl (C=O) groups excluding carboxylic acids is 1. The van der Waals surface area contributed by atoms with Crippen LogP contribution in [-0.2, 0) is 4.79 Å². The fourth-order valence-corrected chi connectivity index (χ4v) is 4.25. The minimum absolute atomic E-state index is 0.142. The molecule has 0 atom stereocenters. The summed E-state index contributed by atoms with van der Waals surface area (Å²) in [6.45, 7) is 2.24. The first-order valence-corrected chi connectivity index (χ1v) is 10.3. The van der Waals surface area contributed by atoms with Crippen molar-refractivity contribution >= 4 is 44.9 Å². The molecule has 0 saturated carbocycles. The minimum atomic E-state index is -0.142. The third kappa shape index (κ3) is 4.55. The van der Waals surface area contributed by atoms with Crippen LogP contribution in [0, 0.1) is 0 Å². The largest absolute Gasteiger partial charge is 0.372 e. The summed E-state index contributed by atoms with van der Waals surface area (Å²) in [6.07, 6.45) is 8.48. The van der Waals surface area contributed by atoms with E-state index in [0.29, 0.717) is 0 Å². The smallest absolute Gasteiger partial charge is 0.248 e. The number of benzene rings is 2. The summed E-state index contributed by atoms with van der Waals surface area (Å²) in [5.41, 5.74) is 3.01. The van der Waals surface area contributed by atoms with Crippen molar-refractivity contribution < 1.29 is 4.79 Å². The van der Waals surface area contributed by atoms with Gasteiger partial charge in [0.1, 0.15) is 5.01 Å². The maximum absolute atomic E-state index is 12.2. The number of aromatic nitrogens is 1. The molecule has 27 heavy (non-hydrogen) atoms. The highest BCUT2D eigenvalue weighted by Crippen LogP contribution is 2.23. The Morgan fingerprint density at radius 3 is 2.48 bits per heavy atom. The van der Waals surface area contributed by atoms with Crippen molar-refractivity contribution in [3.63, 3.8) is 0 Å². The van der Waals surface area contributed by atoms with Crippen molar-refractivity contribution in [3.05, 3.63) is 59.6 Å². The van der Waals surface area contributed by atoms with Crippen LogP contribution in [0.5, 0.6) is 0 Å². The third-order valence-electron chi connectivity index (χ3n) is 4.79. The molecule has 4 nitrogen and oxygen atoms in total. The number of fused-ring (bicyclic) bond motifs is 1. The van der Waals surface area contributed by atoms with E-state index in [1.807, 2.05) is 36.4 Å². The number of hydrogen-bond acceptors (Lipinski definition) is 4. The molecule has 5 heteroatoms. The highest BCUT2D eigenvalue weighted by molar-refractivity contribution is 7.19. The molecule has 1 N–H and O–H groups in total. The van der Waals surface area contributed by atoms with Gasteiger partial charge >= 0.3 is 0 Å². The average Bonchev–Trinajstić information content (AvgIpc) is 2.91. The van der Waals surface area contributed by atoms with Gasteiger partial charge in [-0.1, -0.05) is 25.0 Å². The SMILES string of the molecule is O=C(/C=C/c1nc2ccccc2s1)Nc1ccc(N2CCCCCC2)cc1. The monoisotopic (exact) mass is 377 g/mol. The van der Waals surface area contributed by atoms with Crippen LogP contribution in [0.2, 0.25) is 0 Å². The zero-order valence-electron chi connectivity index (χ0n) is 15.2. The highest BCUT2D eigenvalue weighted by Gasteiger charge is 2.10. The summed E-state index contributed by atoms with van der Waals surface area (Å²) in [7, 11) is 0. The fourth-order valence-electron chi connectivity index (χ4n) is 3.38. The Hall–Kier alpha value is -2.66. The predicted molar refractivity (Wildman–Crippen MR) is 114 cm³/mol. The van der Waals surface area contributed by atoms with Crippen molar-refractivity contribution in [3.8, 4) is 0 Å². The second-order valence-corrected chi connectivity index (χ2v) is 7.85. The topological polar surface area (TPSA) is 45.2 Å². The van der Waals surface area contributed by atoms with Crippen LogP contribution in [0.1, 0.15) is 30.7 Å². The van der Waals surface area contributed by atoms with Crippen LogP contribution >= 0.6 is 11.3 Å². The highest BCUT2D eigenvalue weighted by atomic mass is 32.1. The van der Waals surface area contributed by atoms with E-state index in [-0.39, 0.29) is 5.91 Å². The van der Waals surface area contributed by atoms with Gasteiger partial charge in [-0.25, -0.2) is 4.98 Å². The predicted octanol–water partition coefficient (Wildman–Crippen LogP) is 5.33. The van der Waals surface area contributed by atoms with Crippen molar-refractivity contribution in [2.45, 2.75) is 25.7 Å². The first-order chi connectivity index (χ1) is 13.3. The Morgan fingerprint density at radius 1 is 1.00 bits per heavy atom. The van der Waals surface area contributed by atoms with E-state index in [0.717, 1.165) is 34.0 Å². The molecule has 0 radical (unpaired) electrons. The van der Waals surface area contributed by atoms with E-state index in [1.54, 1.807) is 23.5 Å². The van der Waals surface area contributed by atoms with Gasteiger partial charge < -0.3 is 10.2 Å². The van der Waals surface area contributed by atoms with E-state index >= 15 is 0 Å². The van der Waals surface area contributed by atoms with Gasteiger partial charge in [-0.3, -0.25) is 4.79 Å². The molecule has 1 aliphatic rings. The molecule has 2 heterocycles. The van der Waals surface area contributed by atoms with Gasteiger partial charge in [0.2, 0.25) is 5.91 Å². The minimum Gasteiger partial charge on any atom is -0.372 e. The summed E-state index contributed by atoms with van der Waals surface area (Å²) in [5, 5.41) is 3.76. The van der Waals surface area contributed by atoms with Crippen LogP contribution in [0.15, 0.2) is 54.6 Å². The summed E-state index contributed by atoms with van der Waals surface area (Å²) >= 11 is 1.58. The second kappa shape index (κ2) is 8.35. The maximum atomic E-state index is 12.2. The molecule has 1 aliphatic heterocycles. The molecule has 0 aliphatic carbocycles. The lowest BCUT2D eigenvalue weighted by Crippen LogP contribution is -2.23. The Kier molecular flexibility index (Phi) is 5.49. The first-order valence-electron chi connectivity index (χ1n) is 9.48. The molecular formula is C22H23N3OS. The van der Waals surface area contributed by atoms with Gasteiger partial charge in [-0.2, -0.15) is 0 Å². The average molecular weight is 378 g/mol. The number of nitrogens with one attached hydrogen (secondary N) is 1. The van der Waals surface area contributed by atoms with Crippen molar-refractivity contribution in [2.75, 3.05) is 23.3 Å². The molecule has 3 aromatic rings. The Balaban J connectivity index is 1.37. The maximum Gasteiger partial charge on any atom is 0.248 e. The number of nitrogens with zero attached hydrogens (tertiary/aromatic N) is 2. The zero-order chi connectivity index (χ0) is 18.5. The molecule has 1 amide bonds. The Bertz CT molecular complexity index is 905. The number of anilines is 2. The van der Waals surface area contributed by atoms with Gasteiger partial charge in [0.25, 0.3) is 0 Å². The standard InChI is InChI=1S/C22H23N3OS/c26-21(13-14-22-24-19-7-3-4-8-20(19)27-22)23-17-9-11-18(12-10-17)25-15-5-1-2-6-16-25/h3-4,7-14H,1-2,5-6,15-16H2,(H,23,26)/b14-13+. The molecule has 1 fully saturated rings. The van der Waals surface area contributed by atoms with Crippen LogP contribution in [0.25, 0.3) is 16.3 Å². The number of carbonyl (C=O) groups is 1. The molecule has 0 bridgehead atoms. The molecule has 2 aromatic carbocycles. The molecule has 4 rings (SSSR count). The van der Waals surface area contributed by atoms with E-state index < -0.39 is 0 Å². The van der Waals surface area contributed by atoms with Crippen molar-refractivity contribution in [1.82, 2.24) is 4.98 Å².